The van der Waals surface area contributed by atoms with Gasteiger partial charge in [0.15, 0.2) is 0 Å². The van der Waals surface area contributed by atoms with Gasteiger partial charge >= 0.3 is 0 Å². The fourth-order valence-corrected chi connectivity index (χ4v) is 2.07. The Morgan fingerprint density at radius 2 is 1.95 bits per heavy atom. The van der Waals surface area contributed by atoms with Crippen LogP contribution in [-0.2, 0) is 11.3 Å². The number of ether oxygens (including phenoxy) is 1. The Labute approximate surface area is 130 Å². The summed E-state index contributed by atoms with van der Waals surface area (Å²) in [5, 5.41) is 13.8. The van der Waals surface area contributed by atoms with E-state index in [0.29, 0.717) is 24.8 Å². The van der Waals surface area contributed by atoms with E-state index >= 15 is 0 Å². The number of rotatable bonds is 7. The van der Waals surface area contributed by atoms with Crippen LogP contribution in [0, 0.1) is 6.92 Å². The Balaban J connectivity index is 1.67. The first-order valence-electron chi connectivity index (χ1n) is 6.94. The smallest absolute Gasteiger partial charge is 0.0945 e. The maximum absolute atomic E-state index is 9.89. The molecule has 0 aliphatic rings. The molecular weight excluding hydrogens is 286 g/mol. The second-order valence-corrected chi connectivity index (χ2v) is 5.48. The molecule has 2 aromatic rings. The Morgan fingerprint density at radius 1 is 1.19 bits per heavy atom. The molecule has 0 spiro atoms. The molecule has 1 atom stereocenters. The topological polar surface area (TPSA) is 41.5 Å². The first-order chi connectivity index (χ1) is 10.1. The number of hydrogen-bond donors (Lipinski definition) is 2. The third-order valence-electron chi connectivity index (χ3n) is 3.05. The van der Waals surface area contributed by atoms with Crippen molar-refractivity contribution in [3.63, 3.8) is 0 Å². The van der Waals surface area contributed by atoms with Gasteiger partial charge in [0.2, 0.25) is 0 Å². The summed E-state index contributed by atoms with van der Waals surface area (Å²) < 4.78 is 5.50. The monoisotopic (exact) mass is 305 g/mol. The number of halogens is 1. The van der Waals surface area contributed by atoms with E-state index in [1.165, 1.54) is 5.56 Å². The molecule has 0 bridgehead atoms. The van der Waals surface area contributed by atoms with Gasteiger partial charge in [-0.2, -0.15) is 0 Å². The molecule has 0 aliphatic carbocycles. The number of hydrogen-bond acceptors (Lipinski definition) is 3. The van der Waals surface area contributed by atoms with Crippen molar-refractivity contribution in [3.05, 3.63) is 64.7 Å². The van der Waals surface area contributed by atoms with Crippen molar-refractivity contribution in [1.29, 1.82) is 0 Å². The molecule has 2 aromatic carbocycles. The second kappa shape index (κ2) is 8.03. The number of aliphatic hydroxyl groups excluding tert-OH is 1. The average Bonchev–Trinajstić information content (AvgIpc) is 2.47. The highest BCUT2D eigenvalue weighted by molar-refractivity contribution is 6.30. The van der Waals surface area contributed by atoms with Crippen molar-refractivity contribution in [3.8, 4) is 0 Å². The van der Waals surface area contributed by atoms with E-state index in [0.717, 1.165) is 11.3 Å². The third-order valence-corrected chi connectivity index (χ3v) is 3.30. The summed E-state index contributed by atoms with van der Waals surface area (Å²) in [6.07, 6.45) is -0.544. The van der Waals surface area contributed by atoms with E-state index in [4.69, 9.17) is 16.3 Å². The molecule has 0 saturated carbocycles. The maximum atomic E-state index is 9.89. The molecule has 0 amide bonds. The molecule has 0 saturated heterocycles. The molecule has 3 nitrogen and oxygen atoms in total. The summed E-state index contributed by atoms with van der Waals surface area (Å²) in [4.78, 5) is 0. The largest absolute Gasteiger partial charge is 0.389 e. The number of benzene rings is 2. The van der Waals surface area contributed by atoms with Gasteiger partial charge in [0, 0.05) is 17.3 Å². The van der Waals surface area contributed by atoms with Gasteiger partial charge in [-0.05, 0) is 42.3 Å². The van der Waals surface area contributed by atoms with Crippen LogP contribution < -0.4 is 5.32 Å². The van der Waals surface area contributed by atoms with Crippen LogP contribution in [0.15, 0.2) is 48.5 Å². The van der Waals surface area contributed by atoms with E-state index in [1.807, 2.05) is 55.5 Å². The van der Waals surface area contributed by atoms with Gasteiger partial charge in [0.05, 0.1) is 19.3 Å². The predicted octanol–water partition coefficient (Wildman–Crippen LogP) is 3.64. The van der Waals surface area contributed by atoms with Crippen molar-refractivity contribution < 1.29 is 9.84 Å². The van der Waals surface area contributed by atoms with Crippen molar-refractivity contribution in [2.45, 2.75) is 19.6 Å². The minimum Gasteiger partial charge on any atom is -0.389 e. The van der Waals surface area contributed by atoms with Crippen LogP contribution >= 0.6 is 11.6 Å². The number of anilines is 1. The Morgan fingerprint density at radius 3 is 2.67 bits per heavy atom. The molecule has 2 N–H and O–H groups in total. The van der Waals surface area contributed by atoms with E-state index < -0.39 is 6.10 Å². The molecule has 2 rings (SSSR count). The van der Waals surface area contributed by atoms with Gasteiger partial charge in [-0.3, -0.25) is 0 Å². The standard InChI is InChI=1S/C17H20ClNO2/c1-13-3-2-4-16(9-13)19-10-17(20)12-21-11-14-5-7-15(18)8-6-14/h2-9,17,19-20H,10-12H2,1H3. The molecular formula is C17H20ClNO2. The lowest BCUT2D eigenvalue weighted by atomic mass is 10.2. The normalized spacial score (nSPS) is 12.1. The number of aryl methyl sites for hydroxylation is 1. The van der Waals surface area contributed by atoms with E-state index in [2.05, 4.69) is 5.32 Å². The van der Waals surface area contributed by atoms with Crippen molar-refractivity contribution in [2.24, 2.45) is 0 Å². The van der Waals surface area contributed by atoms with Crippen LogP contribution in [-0.4, -0.2) is 24.4 Å². The highest BCUT2D eigenvalue weighted by Crippen LogP contribution is 2.11. The van der Waals surface area contributed by atoms with Gasteiger partial charge < -0.3 is 15.2 Å². The van der Waals surface area contributed by atoms with Crippen LogP contribution in [0.5, 0.6) is 0 Å². The highest BCUT2D eigenvalue weighted by Gasteiger charge is 2.04. The van der Waals surface area contributed by atoms with Gasteiger partial charge in [-0.25, -0.2) is 0 Å². The minimum absolute atomic E-state index is 0.293. The molecule has 0 aromatic heterocycles. The lowest BCUT2D eigenvalue weighted by Gasteiger charge is -2.13. The lowest BCUT2D eigenvalue weighted by molar-refractivity contribution is 0.0348. The van der Waals surface area contributed by atoms with Crippen molar-refractivity contribution in [2.75, 3.05) is 18.5 Å². The lowest BCUT2D eigenvalue weighted by Crippen LogP contribution is -2.24. The van der Waals surface area contributed by atoms with Crippen LogP contribution in [0.3, 0.4) is 0 Å². The average molecular weight is 306 g/mol. The summed E-state index contributed by atoms with van der Waals surface area (Å²) in [6.45, 7) is 3.26. The van der Waals surface area contributed by atoms with Gasteiger partial charge in [-0.15, -0.1) is 0 Å². The quantitative estimate of drug-likeness (QED) is 0.820. The van der Waals surface area contributed by atoms with Crippen molar-refractivity contribution >= 4 is 17.3 Å². The van der Waals surface area contributed by atoms with E-state index in [1.54, 1.807) is 0 Å². The summed E-state index contributed by atoms with van der Waals surface area (Å²) in [5.41, 5.74) is 3.23. The molecule has 1 unspecified atom stereocenters. The predicted molar refractivity (Wildman–Crippen MR) is 86.8 cm³/mol. The first-order valence-corrected chi connectivity index (χ1v) is 7.32. The molecule has 0 radical (unpaired) electrons. The SMILES string of the molecule is Cc1cccc(NCC(O)COCc2ccc(Cl)cc2)c1. The number of aliphatic hydroxyl groups is 1. The van der Waals surface area contributed by atoms with Gasteiger partial charge in [0.25, 0.3) is 0 Å². The Kier molecular flexibility index (Phi) is 6.05. The fourth-order valence-electron chi connectivity index (χ4n) is 1.94. The van der Waals surface area contributed by atoms with Crippen LogP contribution in [0.1, 0.15) is 11.1 Å². The molecule has 112 valence electrons. The summed E-state index contributed by atoms with van der Waals surface area (Å²) in [5.74, 6) is 0. The molecule has 0 heterocycles. The molecule has 4 heteroatoms. The molecule has 0 aliphatic heterocycles. The minimum atomic E-state index is -0.544. The number of nitrogens with one attached hydrogen (secondary N) is 1. The van der Waals surface area contributed by atoms with E-state index in [-0.39, 0.29) is 0 Å². The van der Waals surface area contributed by atoms with Crippen molar-refractivity contribution in [1.82, 2.24) is 0 Å². The van der Waals surface area contributed by atoms with Gasteiger partial charge in [-0.1, -0.05) is 35.9 Å². The van der Waals surface area contributed by atoms with E-state index in [9.17, 15) is 5.11 Å². The molecule has 0 fully saturated rings. The zero-order valence-electron chi connectivity index (χ0n) is 12.1. The van der Waals surface area contributed by atoms with Gasteiger partial charge in [0.1, 0.15) is 0 Å². The Hall–Kier alpha value is -1.55. The highest BCUT2D eigenvalue weighted by atomic mass is 35.5. The maximum Gasteiger partial charge on any atom is 0.0945 e. The summed E-state index contributed by atoms with van der Waals surface area (Å²) in [6, 6.07) is 15.5. The first kappa shape index (κ1) is 15.8. The Bertz CT molecular complexity index is 557. The fraction of sp³-hybridized carbons (Fsp3) is 0.294. The zero-order valence-corrected chi connectivity index (χ0v) is 12.8. The second-order valence-electron chi connectivity index (χ2n) is 5.05. The summed E-state index contributed by atoms with van der Waals surface area (Å²) in [7, 11) is 0. The van der Waals surface area contributed by atoms with Crippen LogP contribution in [0.2, 0.25) is 5.02 Å². The zero-order chi connectivity index (χ0) is 15.1. The van der Waals surface area contributed by atoms with Crippen LogP contribution in [0.4, 0.5) is 5.69 Å². The van der Waals surface area contributed by atoms with Crippen LogP contribution in [0.25, 0.3) is 0 Å². The summed E-state index contributed by atoms with van der Waals surface area (Å²) >= 11 is 5.82. The third kappa shape index (κ3) is 5.76. The molecule has 21 heavy (non-hydrogen) atoms.